The molecule has 2 heterocycles. The van der Waals surface area contributed by atoms with Gasteiger partial charge in [-0.2, -0.15) is 5.10 Å². The number of aryl methyl sites for hydroxylation is 1. The van der Waals surface area contributed by atoms with E-state index in [2.05, 4.69) is 20.4 Å². The first-order chi connectivity index (χ1) is 13.6. The second-order valence-corrected chi connectivity index (χ2v) is 6.10. The van der Waals surface area contributed by atoms with Crippen LogP contribution < -0.4 is 4.74 Å². The Balaban J connectivity index is 1.69. The van der Waals surface area contributed by atoms with Crippen molar-refractivity contribution in [1.29, 1.82) is 0 Å². The van der Waals surface area contributed by atoms with E-state index in [1.807, 2.05) is 25.2 Å². The number of hydrogen-bond donors (Lipinski definition) is 0. The number of nitrogens with zero attached hydrogens (tertiary/aromatic N) is 6. The maximum Gasteiger partial charge on any atom is 0.338 e. The predicted octanol–water partition coefficient (Wildman–Crippen LogP) is 2.58. The van der Waals surface area contributed by atoms with Crippen LogP contribution in [0.5, 0.6) is 11.5 Å². The highest BCUT2D eigenvalue weighted by Crippen LogP contribution is 2.29. The van der Waals surface area contributed by atoms with Crippen LogP contribution in [0.25, 0.3) is 11.0 Å². The van der Waals surface area contributed by atoms with Gasteiger partial charge in [0.15, 0.2) is 0 Å². The smallest absolute Gasteiger partial charge is 0.338 e. The average Bonchev–Trinajstić information content (AvgIpc) is 3.33. The molecule has 2 aromatic carbocycles. The molecule has 0 aliphatic heterocycles. The van der Waals surface area contributed by atoms with Gasteiger partial charge in [-0.05, 0) is 37.3 Å². The van der Waals surface area contributed by atoms with E-state index in [9.17, 15) is 4.79 Å². The summed E-state index contributed by atoms with van der Waals surface area (Å²) in [5, 5.41) is 12.2. The van der Waals surface area contributed by atoms with Crippen molar-refractivity contribution in [3.8, 4) is 11.5 Å². The van der Waals surface area contributed by atoms with Gasteiger partial charge in [0.25, 0.3) is 0 Å². The summed E-state index contributed by atoms with van der Waals surface area (Å²) < 4.78 is 14.5. The lowest BCUT2D eigenvalue weighted by atomic mass is 10.1. The summed E-state index contributed by atoms with van der Waals surface area (Å²) in [7, 11) is 1.82. The molecule has 142 valence electrons. The van der Waals surface area contributed by atoms with Crippen molar-refractivity contribution in [2.45, 2.75) is 13.5 Å². The molecule has 0 aliphatic carbocycles. The van der Waals surface area contributed by atoms with E-state index < -0.39 is 0 Å². The molecular formula is C19H18N6O3. The molecule has 9 heteroatoms. The number of carbonyl (C=O) groups is 1. The van der Waals surface area contributed by atoms with Gasteiger partial charge in [-0.3, -0.25) is 0 Å². The molecule has 4 aromatic rings. The van der Waals surface area contributed by atoms with E-state index in [1.54, 1.807) is 40.8 Å². The fraction of sp³-hybridized carbons (Fsp3) is 0.211. The molecule has 4 rings (SSSR count). The number of rotatable bonds is 6. The van der Waals surface area contributed by atoms with Crippen LogP contribution in [0.3, 0.4) is 0 Å². The van der Waals surface area contributed by atoms with Crippen molar-refractivity contribution >= 4 is 17.0 Å². The van der Waals surface area contributed by atoms with Crippen molar-refractivity contribution in [1.82, 2.24) is 29.8 Å². The molecule has 0 saturated heterocycles. The fourth-order valence-corrected chi connectivity index (χ4v) is 2.83. The first kappa shape index (κ1) is 17.7. The summed E-state index contributed by atoms with van der Waals surface area (Å²) in [6.45, 7) is 2.49. The summed E-state index contributed by atoms with van der Waals surface area (Å²) >= 11 is 0. The maximum absolute atomic E-state index is 12.1. The highest BCUT2D eigenvalue weighted by molar-refractivity contribution is 5.90. The van der Waals surface area contributed by atoms with Gasteiger partial charge in [0, 0.05) is 18.7 Å². The molecule has 0 saturated carbocycles. The summed E-state index contributed by atoms with van der Waals surface area (Å²) in [6, 6.07) is 10.7. The largest absolute Gasteiger partial charge is 0.462 e. The number of hydrogen-bond acceptors (Lipinski definition) is 7. The molecular weight excluding hydrogens is 360 g/mol. The lowest BCUT2D eigenvalue weighted by Gasteiger charge is -2.13. The second-order valence-electron chi connectivity index (χ2n) is 6.10. The van der Waals surface area contributed by atoms with Crippen molar-refractivity contribution in [3.05, 3.63) is 60.2 Å². The summed E-state index contributed by atoms with van der Waals surface area (Å²) in [4.78, 5) is 16.1. The molecule has 0 fully saturated rings. The lowest BCUT2D eigenvalue weighted by Crippen LogP contribution is -2.08. The van der Waals surface area contributed by atoms with Gasteiger partial charge in [0.05, 0.1) is 24.2 Å². The van der Waals surface area contributed by atoms with Crippen molar-refractivity contribution in [2.24, 2.45) is 7.05 Å². The molecule has 0 atom stereocenters. The zero-order valence-corrected chi connectivity index (χ0v) is 15.4. The SMILES string of the molecule is CCOC(=O)c1ccc(Oc2ccc3nnn(C)c3c2)c(Cn2cncn2)c1. The lowest BCUT2D eigenvalue weighted by molar-refractivity contribution is 0.0526. The van der Waals surface area contributed by atoms with Gasteiger partial charge >= 0.3 is 5.97 Å². The molecule has 0 amide bonds. The fourth-order valence-electron chi connectivity index (χ4n) is 2.83. The summed E-state index contributed by atoms with van der Waals surface area (Å²) in [6.07, 6.45) is 3.06. The van der Waals surface area contributed by atoms with Gasteiger partial charge in [-0.15, -0.1) is 5.10 Å². The molecule has 0 unspecified atom stereocenters. The van der Waals surface area contributed by atoms with Crippen LogP contribution in [0.4, 0.5) is 0 Å². The Kier molecular flexibility index (Phi) is 4.71. The minimum Gasteiger partial charge on any atom is -0.462 e. The molecule has 0 bridgehead atoms. The van der Waals surface area contributed by atoms with E-state index in [-0.39, 0.29) is 5.97 Å². The zero-order chi connectivity index (χ0) is 19.5. The van der Waals surface area contributed by atoms with Crippen LogP contribution in [0.1, 0.15) is 22.8 Å². The van der Waals surface area contributed by atoms with Crippen LogP contribution in [0.2, 0.25) is 0 Å². The molecule has 9 nitrogen and oxygen atoms in total. The van der Waals surface area contributed by atoms with Crippen LogP contribution in [0.15, 0.2) is 49.1 Å². The van der Waals surface area contributed by atoms with Crippen LogP contribution >= 0.6 is 0 Å². The van der Waals surface area contributed by atoms with E-state index in [0.29, 0.717) is 30.2 Å². The Morgan fingerprint density at radius 3 is 2.86 bits per heavy atom. The first-order valence-electron chi connectivity index (χ1n) is 8.74. The van der Waals surface area contributed by atoms with Gasteiger partial charge in [0.2, 0.25) is 0 Å². The van der Waals surface area contributed by atoms with Gasteiger partial charge < -0.3 is 9.47 Å². The summed E-state index contributed by atoms with van der Waals surface area (Å²) in [5.41, 5.74) is 2.88. The first-order valence-corrected chi connectivity index (χ1v) is 8.74. The molecule has 28 heavy (non-hydrogen) atoms. The van der Waals surface area contributed by atoms with Gasteiger partial charge in [-0.25, -0.2) is 19.1 Å². The molecule has 2 aromatic heterocycles. The average molecular weight is 378 g/mol. The Bertz CT molecular complexity index is 1120. The summed E-state index contributed by atoms with van der Waals surface area (Å²) in [5.74, 6) is 0.871. The second kappa shape index (κ2) is 7.47. The molecule has 0 N–H and O–H groups in total. The van der Waals surface area contributed by atoms with Gasteiger partial charge in [-0.1, -0.05) is 5.21 Å². The number of fused-ring (bicyclic) bond motifs is 1. The number of benzene rings is 2. The van der Waals surface area contributed by atoms with Crippen molar-refractivity contribution in [3.63, 3.8) is 0 Å². The minimum absolute atomic E-state index is 0.314. The monoisotopic (exact) mass is 378 g/mol. The third-order valence-corrected chi connectivity index (χ3v) is 4.18. The van der Waals surface area contributed by atoms with Gasteiger partial charge in [0.1, 0.15) is 29.7 Å². The zero-order valence-electron chi connectivity index (χ0n) is 15.4. The molecule has 0 aliphatic rings. The van der Waals surface area contributed by atoms with E-state index in [1.165, 1.54) is 6.33 Å². The molecule has 0 radical (unpaired) electrons. The highest BCUT2D eigenvalue weighted by atomic mass is 16.5. The number of esters is 1. The quantitative estimate of drug-likeness (QED) is 0.476. The third-order valence-electron chi connectivity index (χ3n) is 4.18. The Hall–Kier alpha value is -3.75. The van der Waals surface area contributed by atoms with Crippen LogP contribution in [0, 0.1) is 0 Å². The standard InChI is InChI=1S/C19H18N6O3/c1-3-27-19(26)13-4-7-18(14(8-13)10-25-12-20-11-21-25)28-15-5-6-16-17(9-15)24(2)23-22-16/h4-9,11-12H,3,10H2,1-2H3. The Labute approximate surface area is 160 Å². The van der Waals surface area contributed by atoms with Crippen molar-refractivity contribution < 1.29 is 14.3 Å². The van der Waals surface area contributed by atoms with E-state index >= 15 is 0 Å². The third kappa shape index (κ3) is 3.54. The number of carbonyl (C=O) groups excluding carboxylic acids is 1. The number of ether oxygens (including phenoxy) is 2. The normalized spacial score (nSPS) is 10.9. The maximum atomic E-state index is 12.1. The van der Waals surface area contributed by atoms with E-state index in [0.717, 1.165) is 16.6 Å². The van der Waals surface area contributed by atoms with Crippen LogP contribution in [-0.2, 0) is 18.3 Å². The topological polar surface area (TPSA) is 97.0 Å². The Morgan fingerprint density at radius 2 is 2.07 bits per heavy atom. The van der Waals surface area contributed by atoms with E-state index in [4.69, 9.17) is 9.47 Å². The number of aromatic nitrogens is 6. The highest BCUT2D eigenvalue weighted by Gasteiger charge is 2.14. The molecule has 0 spiro atoms. The predicted molar refractivity (Wildman–Crippen MR) is 100 cm³/mol. The van der Waals surface area contributed by atoms with Crippen molar-refractivity contribution in [2.75, 3.05) is 6.61 Å². The van der Waals surface area contributed by atoms with Crippen LogP contribution in [-0.4, -0.2) is 42.3 Å². The Morgan fingerprint density at radius 1 is 1.18 bits per heavy atom. The minimum atomic E-state index is -0.378.